The lowest BCUT2D eigenvalue weighted by molar-refractivity contribution is -0.131. The Morgan fingerprint density at radius 2 is 1.54 bits per heavy atom. The molecule has 3 N–H and O–H groups in total. The van der Waals surface area contributed by atoms with Crippen LogP contribution in [0, 0.1) is 0 Å². The molecule has 0 spiro atoms. The Morgan fingerprint density at radius 1 is 0.865 bits per heavy atom. The second-order valence-electron chi connectivity index (χ2n) is 8.01. The minimum atomic E-state index is -4.18. The van der Waals surface area contributed by atoms with Gasteiger partial charge in [0.1, 0.15) is 5.69 Å². The lowest BCUT2D eigenvalue weighted by Crippen LogP contribution is -2.39. The maximum absolute atomic E-state index is 13.0. The van der Waals surface area contributed by atoms with Crippen LogP contribution in [-0.4, -0.2) is 40.9 Å². The van der Waals surface area contributed by atoms with Gasteiger partial charge in [-0.25, -0.2) is 27.7 Å². The quantitative estimate of drug-likeness (QED) is 0.228. The predicted molar refractivity (Wildman–Crippen MR) is 134 cm³/mol. The van der Waals surface area contributed by atoms with E-state index in [0.29, 0.717) is 11.1 Å². The zero-order valence-corrected chi connectivity index (χ0v) is 20.2. The van der Waals surface area contributed by atoms with Gasteiger partial charge in [-0.05, 0) is 22.8 Å². The van der Waals surface area contributed by atoms with Crippen molar-refractivity contribution in [1.82, 2.24) is 19.6 Å². The van der Waals surface area contributed by atoms with Crippen LogP contribution in [0.1, 0.15) is 21.6 Å². The number of ketones is 1. The Balaban J connectivity index is 1.50. The van der Waals surface area contributed by atoms with Crippen molar-refractivity contribution in [2.75, 3.05) is 0 Å². The molecule has 4 aromatic rings. The molecule has 188 valence electrons. The fourth-order valence-corrected chi connectivity index (χ4v) is 4.82. The first kappa shape index (κ1) is 25.3. The van der Waals surface area contributed by atoms with Gasteiger partial charge in [-0.2, -0.15) is 0 Å². The molecule has 0 aliphatic heterocycles. The van der Waals surface area contributed by atoms with E-state index < -0.39 is 27.8 Å². The number of rotatable bonds is 9. The molecule has 2 amide bonds. The highest BCUT2D eigenvalue weighted by Gasteiger charge is 2.22. The van der Waals surface area contributed by atoms with Crippen LogP contribution < -0.4 is 10.0 Å². The van der Waals surface area contributed by atoms with Gasteiger partial charge in [-0.1, -0.05) is 72.8 Å². The summed E-state index contributed by atoms with van der Waals surface area (Å²) >= 11 is 0. The molecule has 10 nitrogen and oxygen atoms in total. The summed E-state index contributed by atoms with van der Waals surface area (Å²) in [5.41, 5.74) is 2.49. The molecule has 37 heavy (non-hydrogen) atoms. The molecule has 3 aromatic carbocycles. The van der Waals surface area contributed by atoms with E-state index in [-0.39, 0.29) is 23.7 Å². The Bertz CT molecular complexity index is 1550. The molecule has 0 fully saturated rings. The summed E-state index contributed by atoms with van der Waals surface area (Å²) in [6, 6.07) is 21.4. The van der Waals surface area contributed by atoms with Gasteiger partial charge in [0.25, 0.3) is 15.8 Å². The van der Waals surface area contributed by atoms with E-state index in [1.807, 2.05) is 30.3 Å². The summed E-state index contributed by atoms with van der Waals surface area (Å²) in [5.74, 6) is -2.63. The number of sulfonamides is 1. The molecule has 0 bridgehead atoms. The minimum absolute atomic E-state index is 0.0513. The van der Waals surface area contributed by atoms with Crippen molar-refractivity contribution in [2.24, 2.45) is 0 Å². The van der Waals surface area contributed by atoms with Gasteiger partial charge < -0.3 is 15.0 Å². The number of carboxylic acid groups (broad SMARTS) is 1. The van der Waals surface area contributed by atoms with Crippen molar-refractivity contribution in [3.8, 4) is 11.1 Å². The first-order valence-corrected chi connectivity index (χ1v) is 12.5. The molecule has 0 atom stereocenters. The lowest BCUT2D eigenvalue weighted by Gasteiger charge is -2.13. The number of carbonyl (C=O) groups excluding carboxylic acids is 2. The van der Waals surface area contributed by atoms with E-state index in [2.05, 4.69) is 15.0 Å². The highest BCUT2D eigenvalue weighted by molar-refractivity contribution is 7.90. The molecular weight excluding hydrogens is 496 g/mol. The second kappa shape index (κ2) is 10.9. The van der Waals surface area contributed by atoms with Crippen LogP contribution in [0.25, 0.3) is 11.1 Å². The molecule has 1 heterocycles. The van der Waals surface area contributed by atoms with E-state index >= 15 is 0 Å². The van der Waals surface area contributed by atoms with Crippen molar-refractivity contribution >= 4 is 27.8 Å². The molecule has 11 heteroatoms. The molecule has 4 rings (SSSR count). The van der Waals surface area contributed by atoms with E-state index in [0.717, 1.165) is 11.1 Å². The first-order chi connectivity index (χ1) is 17.7. The molecule has 0 saturated carbocycles. The highest BCUT2D eigenvalue weighted by Crippen LogP contribution is 2.27. The Morgan fingerprint density at radius 3 is 2.24 bits per heavy atom. The number of carboxylic acids is 1. The molecule has 0 aliphatic rings. The van der Waals surface area contributed by atoms with Crippen molar-refractivity contribution in [1.29, 1.82) is 0 Å². The molecule has 0 radical (unpaired) electrons. The number of hydrogen-bond acceptors (Lipinski definition) is 6. The average Bonchev–Trinajstić information content (AvgIpc) is 3.35. The lowest BCUT2D eigenvalue weighted by atomic mass is 10.0. The van der Waals surface area contributed by atoms with Crippen LogP contribution in [0.3, 0.4) is 0 Å². The summed E-state index contributed by atoms with van der Waals surface area (Å²) in [7, 11) is -4.18. The molecule has 0 unspecified atom stereocenters. The normalized spacial score (nSPS) is 11.0. The number of imidazole rings is 1. The number of aromatic nitrogens is 2. The Labute approximate surface area is 212 Å². The number of hydrogen-bond donors (Lipinski definition) is 3. The van der Waals surface area contributed by atoms with E-state index in [1.165, 1.54) is 23.2 Å². The van der Waals surface area contributed by atoms with Crippen LogP contribution in [0.4, 0.5) is 4.79 Å². The molecule has 0 saturated heterocycles. The molecule has 1 aromatic heterocycles. The van der Waals surface area contributed by atoms with Gasteiger partial charge in [-0.15, -0.1) is 0 Å². The number of nitrogens with zero attached hydrogens (tertiary/aromatic N) is 2. The van der Waals surface area contributed by atoms with E-state index in [1.54, 1.807) is 42.5 Å². The van der Waals surface area contributed by atoms with Crippen molar-refractivity contribution in [3.63, 3.8) is 0 Å². The number of benzene rings is 3. The van der Waals surface area contributed by atoms with Crippen LogP contribution in [-0.2, 0) is 27.9 Å². The minimum Gasteiger partial charge on any atom is -0.475 e. The summed E-state index contributed by atoms with van der Waals surface area (Å²) in [6.45, 7) is 0.361. The third-order valence-electron chi connectivity index (χ3n) is 5.46. The Hall–Kier alpha value is -4.77. The van der Waals surface area contributed by atoms with Gasteiger partial charge in [-0.3, -0.25) is 4.79 Å². The topological polar surface area (TPSA) is 147 Å². The predicted octanol–water partition coefficient (Wildman–Crippen LogP) is 3.05. The smallest absolute Gasteiger partial charge is 0.378 e. The third-order valence-corrected chi connectivity index (χ3v) is 6.85. The van der Waals surface area contributed by atoms with Crippen molar-refractivity contribution in [2.45, 2.75) is 18.0 Å². The van der Waals surface area contributed by atoms with E-state index in [4.69, 9.17) is 5.11 Å². The summed E-state index contributed by atoms with van der Waals surface area (Å²) in [4.78, 5) is 38.9. The highest BCUT2D eigenvalue weighted by atomic mass is 32.2. The maximum Gasteiger partial charge on any atom is 0.378 e. The SMILES string of the molecule is O=C(NCc1ccccc1)NS(=O)(=O)c1ccccc1-c1ccc(Cn2cncc2C(=O)C(=O)O)cc1. The monoisotopic (exact) mass is 518 g/mol. The van der Waals surface area contributed by atoms with Crippen LogP contribution >= 0.6 is 0 Å². The fourth-order valence-electron chi connectivity index (χ4n) is 3.66. The van der Waals surface area contributed by atoms with Crippen LogP contribution in [0.15, 0.2) is 96.3 Å². The average molecular weight is 519 g/mol. The largest absolute Gasteiger partial charge is 0.475 e. The summed E-state index contributed by atoms with van der Waals surface area (Å²) in [6.07, 6.45) is 2.55. The zero-order chi connectivity index (χ0) is 26.4. The number of aliphatic carboxylic acids is 1. The zero-order valence-electron chi connectivity index (χ0n) is 19.4. The van der Waals surface area contributed by atoms with Crippen molar-refractivity contribution in [3.05, 3.63) is 108 Å². The maximum atomic E-state index is 13.0. The van der Waals surface area contributed by atoms with Gasteiger partial charge >= 0.3 is 12.0 Å². The molecule has 0 aliphatic carbocycles. The van der Waals surface area contributed by atoms with E-state index in [9.17, 15) is 22.8 Å². The standard InChI is InChI=1S/C26H22N4O6S/c31-24(25(32)33)22-15-27-17-30(22)16-19-10-12-20(13-11-19)21-8-4-5-9-23(21)37(35,36)29-26(34)28-14-18-6-2-1-3-7-18/h1-13,15,17H,14,16H2,(H,32,33)(H2,28,29,34). The second-order valence-corrected chi connectivity index (χ2v) is 9.66. The number of amides is 2. The van der Waals surface area contributed by atoms with Gasteiger partial charge in [0.05, 0.1) is 17.4 Å². The van der Waals surface area contributed by atoms with Gasteiger partial charge in [0.15, 0.2) is 0 Å². The third kappa shape index (κ3) is 6.08. The van der Waals surface area contributed by atoms with Crippen LogP contribution in [0.5, 0.6) is 0 Å². The first-order valence-electron chi connectivity index (χ1n) is 11.1. The Kier molecular flexibility index (Phi) is 7.44. The number of carbonyl (C=O) groups is 3. The number of nitrogens with one attached hydrogen (secondary N) is 2. The number of Topliss-reactive ketones (excluding diaryl/α,β-unsaturated/α-hetero) is 1. The fraction of sp³-hybridized carbons (Fsp3) is 0.0769. The number of urea groups is 1. The molecular formula is C26H22N4O6S. The van der Waals surface area contributed by atoms with Crippen LogP contribution in [0.2, 0.25) is 0 Å². The van der Waals surface area contributed by atoms with Gasteiger partial charge in [0, 0.05) is 18.7 Å². The van der Waals surface area contributed by atoms with Gasteiger partial charge in [0.2, 0.25) is 0 Å². The summed E-state index contributed by atoms with van der Waals surface area (Å²) < 4.78 is 29.5. The summed E-state index contributed by atoms with van der Waals surface area (Å²) in [5, 5.41) is 11.5. The van der Waals surface area contributed by atoms with Crippen molar-refractivity contribution < 1.29 is 27.9 Å².